The highest BCUT2D eigenvalue weighted by Gasteiger charge is 2.20. The number of amides is 2. The van der Waals surface area contributed by atoms with Crippen LogP contribution in [-0.2, 0) is 9.59 Å². The van der Waals surface area contributed by atoms with Crippen LogP contribution in [0.2, 0.25) is 0 Å². The van der Waals surface area contributed by atoms with E-state index in [4.69, 9.17) is 5.73 Å². The van der Waals surface area contributed by atoms with Gasteiger partial charge in [0.1, 0.15) is 11.6 Å². The van der Waals surface area contributed by atoms with Crippen molar-refractivity contribution >= 4 is 11.8 Å². The fraction of sp³-hybridized carbons (Fsp3) is 0.500. The molecule has 0 aliphatic heterocycles. The largest absolute Gasteiger partial charge is 0.348 e. The Bertz CT molecular complexity index is 564. The number of hydrogen-bond acceptors (Lipinski definition) is 3. The summed E-state index contributed by atoms with van der Waals surface area (Å²) < 4.78 is 26.7. The van der Waals surface area contributed by atoms with E-state index < -0.39 is 35.5 Å². The van der Waals surface area contributed by atoms with E-state index in [1.54, 1.807) is 20.8 Å². The van der Waals surface area contributed by atoms with Crippen molar-refractivity contribution in [2.45, 2.75) is 39.3 Å². The number of benzene rings is 1. The van der Waals surface area contributed by atoms with E-state index in [2.05, 4.69) is 10.6 Å². The van der Waals surface area contributed by atoms with Gasteiger partial charge in [0.2, 0.25) is 11.8 Å². The molecule has 2 amide bonds. The first-order valence-corrected chi connectivity index (χ1v) is 7.53. The zero-order valence-corrected chi connectivity index (χ0v) is 13.5. The minimum Gasteiger partial charge on any atom is -0.348 e. The first-order chi connectivity index (χ1) is 10.8. The van der Waals surface area contributed by atoms with Gasteiger partial charge in [0.05, 0.1) is 18.6 Å². The summed E-state index contributed by atoms with van der Waals surface area (Å²) in [5.74, 6) is -2.33. The summed E-state index contributed by atoms with van der Waals surface area (Å²) in [7, 11) is 0. The van der Waals surface area contributed by atoms with Crippen LogP contribution in [0.3, 0.4) is 0 Å². The molecule has 7 heteroatoms. The van der Waals surface area contributed by atoms with Crippen molar-refractivity contribution in [3.05, 3.63) is 35.4 Å². The van der Waals surface area contributed by atoms with Crippen LogP contribution in [-0.4, -0.2) is 24.4 Å². The summed E-state index contributed by atoms with van der Waals surface area (Å²) in [5.41, 5.74) is 5.87. The average Bonchev–Trinajstić information content (AvgIpc) is 2.49. The lowest BCUT2D eigenvalue weighted by atomic mass is 10.0. The van der Waals surface area contributed by atoms with Crippen LogP contribution in [0.1, 0.15) is 38.8 Å². The van der Waals surface area contributed by atoms with Crippen molar-refractivity contribution in [3.63, 3.8) is 0 Å². The topological polar surface area (TPSA) is 84.2 Å². The smallest absolute Gasteiger partial charge is 0.239 e. The maximum atomic E-state index is 13.8. The average molecular weight is 327 g/mol. The SMILES string of the molecule is CCC(NC(=O)CNC(=O)[C@@H](N)C(C)C)c1ccc(F)cc1F. The summed E-state index contributed by atoms with van der Waals surface area (Å²) in [6.45, 7) is 5.11. The van der Waals surface area contributed by atoms with Gasteiger partial charge in [0.25, 0.3) is 0 Å². The fourth-order valence-corrected chi connectivity index (χ4v) is 2.02. The van der Waals surface area contributed by atoms with Gasteiger partial charge in [-0.2, -0.15) is 0 Å². The Kier molecular flexibility index (Phi) is 7.09. The predicted octanol–water partition coefficient (Wildman–Crippen LogP) is 1.63. The van der Waals surface area contributed by atoms with Gasteiger partial charge >= 0.3 is 0 Å². The van der Waals surface area contributed by atoms with Crippen molar-refractivity contribution in [1.82, 2.24) is 10.6 Å². The second kappa shape index (κ2) is 8.57. The van der Waals surface area contributed by atoms with E-state index in [-0.39, 0.29) is 18.0 Å². The molecule has 4 N–H and O–H groups in total. The van der Waals surface area contributed by atoms with Gasteiger partial charge in [-0.1, -0.05) is 26.8 Å². The Morgan fingerprint density at radius 3 is 2.43 bits per heavy atom. The lowest BCUT2D eigenvalue weighted by molar-refractivity contribution is -0.127. The van der Waals surface area contributed by atoms with Gasteiger partial charge in [-0.3, -0.25) is 9.59 Å². The van der Waals surface area contributed by atoms with Crippen LogP contribution in [0.25, 0.3) is 0 Å². The van der Waals surface area contributed by atoms with Crippen molar-refractivity contribution in [3.8, 4) is 0 Å². The summed E-state index contributed by atoms with van der Waals surface area (Å²) >= 11 is 0. The minimum atomic E-state index is -0.719. The summed E-state index contributed by atoms with van der Waals surface area (Å²) in [4.78, 5) is 23.6. The Hall–Kier alpha value is -2.02. The van der Waals surface area contributed by atoms with E-state index in [0.717, 1.165) is 12.1 Å². The second-order valence-corrected chi connectivity index (χ2v) is 5.68. The van der Waals surface area contributed by atoms with Gasteiger partial charge in [-0.15, -0.1) is 0 Å². The second-order valence-electron chi connectivity index (χ2n) is 5.68. The standard InChI is InChI=1S/C16H23F2N3O2/c1-4-13(11-6-5-10(17)7-12(11)18)21-14(22)8-20-16(23)15(19)9(2)3/h5-7,9,13,15H,4,8,19H2,1-3H3,(H,20,23)(H,21,22)/t13?,15-/m0/s1. The zero-order chi connectivity index (χ0) is 17.6. The molecule has 0 aliphatic rings. The number of carbonyl (C=O) groups is 2. The molecular weight excluding hydrogens is 304 g/mol. The number of hydrogen-bond donors (Lipinski definition) is 3. The summed E-state index contributed by atoms with van der Waals surface area (Å²) in [6.07, 6.45) is 0.424. The monoisotopic (exact) mass is 327 g/mol. The summed E-state index contributed by atoms with van der Waals surface area (Å²) in [5, 5.41) is 5.05. The van der Waals surface area contributed by atoms with Gasteiger partial charge < -0.3 is 16.4 Å². The highest BCUT2D eigenvalue weighted by atomic mass is 19.1. The normalized spacial score (nSPS) is 13.5. The first kappa shape index (κ1) is 19.0. The molecule has 128 valence electrons. The van der Waals surface area contributed by atoms with Crippen LogP contribution < -0.4 is 16.4 Å². The first-order valence-electron chi connectivity index (χ1n) is 7.53. The van der Waals surface area contributed by atoms with E-state index in [1.807, 2.05) is 0 Å². The molecule has 0 saturated carbocycles. The summed E-state index contributed by atoms with van der Waals surface area (Å²) in [6, 6.07) is 1.91. The van der Waals surface area contributed by atoms with Crippen LogP contribution in [0.5, 0.6) is 0 Å². The molecule has 23 heavy (non-hydrogen) atoms. The third-order valence-electron chi connectivity index (χ3n) is 3.53. The molecule has 0 spiro atoms. The van der Waals surface area contributed by atoms with Crippen LogP contribution >= 0.6 is 0 Å². The molecular formula is C16H23F2N3O2. The zero-order valence-electron chi connectivity index (χ0n) is 13.5. The van der Waals surface area contributed by atoms with E-state index in [1.165, 1.54) is 6.07 Å². The fourth-order valence-electron chi connectivity index (χ4n) is 2.02. The van der Waals surface area contributed by atoms with Crippen LogP contribution in [0.15, 0.2) is 18.2 Å². The molecule has 1 aromatic carbocycles. The van der Waals surface area contributed by atoms with Crippen molar-refractivity contribution in [1.29, 1.82) is 0 Å². The number of halogens is 2. The van der Waals surface area contributed by atoms with Crippen molar-refractivity contribution < 1.29 is 18.4 Å². The molecule has 2 atom stereocenters. The molecule has 5 nitrogen and oxygen atoms in total. The number of nitrogens with two attached hydrogens (primary N) is 1. The molecule has 0 fully saturated rings. The Balaban J connectivity index is 2.62. The quantitative estimate of drug-likeness (QED) is 0.712. The molecule has 1 rings (SSSR count). The third kappa shape index (κ3) is 5.59. The molecule has 0 radical (unpaired) electrons. The molecule has 0 saturated heterocycles. The molecule has 0 heterocycles. The Morgan fingerprint density at radius 2 is 1.91 bits per heavy atom. The Labute approximate surface area is 134 Å². The van der Waals surface area contributed by atoms with Gasteiger partial charge in [0.15, 0.2) is 0 Å². The lowest BCUT2D eigenvalue weighted by Crippen LogP contribution is -2.47. The van der Waals surface area contributed by atoms with Gasteiger partial charge in [-0.05, 0) is 18.4 Å². The molecule has 1 unspecified atom stereocenters. The maximum absolute atomic E-state index is 13.8. The van der Waals surface area contributed by atoms with Crippen LogP contribution in [0.4, 0.5) is 8.78 Å². The lowest BCUT2D eigenvalue weighted by Gasteiger charge is -2.19. The van der Waals surface area contributed by atoms with Crippen molar-refractivity contribution in [2.24, 2.45) is 11.7 Å². The molecule has 0 aromatic heterocycles. The molecule has 0 bridgehead atoms. The van der Waals surface area contributed by atoms with Crippen molar-refractivity contribution in [2.75, 3.05) is 6.54 Å². The van der Waals surface area contributed by atoms with E-state index in [9.17, 15) is 18.4 Å². The van der Waals surface area contributed by atoms with E-state index >= 15 is 0 Å². The highest BCUT2D eigenvalue weighted by Crippen LogP contribution is 2.20. The predicted molar refractivity (Wildman–Crippen MR) is 83.4 cm³/mol. The van der Waals surface area contributed by atoms with E-state index in [0.29, 0.717) is 6.42 Å². The third-order valence-corrected chi connectivity index (χ3v) is 3.53. The van der Waals surface area contributed by atoms with Gasteiger partial charge in [0, 0.05) is 11.6 Å². The number of carbonyl (C=O) groups excluding carboxylic acids is 2. The molecule has 0 aliphatic carbocycles. The highest BCUT2D eigenvalue weighted by molar-refractivity contribution is 5.87. The number of rotatable bonds is 7. The van der Waals surface area contributed by atoms with Gasteiger partial charge in [-0.25, -0.2) is 8.78 Å². The Morgan fingerprint density at radius 1 is 1.26 bits per heavy atom. The minimum absolute atomic E-state index is 0.0465. The molecule has 1 aromatic rings. The number of nitrogens with one attached hydrogen (secondary N) is 2. The van der Waals surface area contributed by atoms with Crippen LogP contribution in [0, 0.1) is 17.6 Å². The maximum Gasteiger partial charge on any atom is 0.239 e.